The quantitative estimate of drug-likeness (QED) is 0.841. The molecular formula is C15H15ClN2O2. The first-order valence-electron chi connectivity index (χ1n) is 6.14. The maximum absolute atomic E-state index is 11.6. The zero-order valence-electron chi connectivity index (χ0n) is 11.0. The average Bonchev–Trinajstić information content (AvgIpc) is 2.44. The number of hydrogen-bond acceptors (Lipinski definition) is 2. The highest BCUT2D eigenvalue weighted by atomic mass is 35.5. The molecule has 0 aliphatic heterocycles. The van der Waals surface area contributed by atoms with Gasteiger partial charge in [-0.05, 0) is 31.2 Å². The SMILES string of the molecule is Cc1ccc(OCNC(=O)Nc2ccccc2Cl)cc1. The third-order valence-corrected chi connectivity index (χ3v) is 2.94. The van der Waals surface area contributed by atoms with Crippen molar-refractivity contribution in [1.82, 2.24) is 5.32 Å². The van der Waals surface area contributed by atoms with Crippen molar-refractivity contribution in [3.05, 3.63) is 59.1 Å². The molecule has 0 atom stereocenters. The summed E-state index contributed by atoms with van der Waals surface area (Å²) in [5.74, 6) is 0.702. The predicted molar refractivity (Wildman–Crippen MR) is 80.3 cm³/mol. The summed E-state index contributed by atoms with van der Waals surface area (Å²) < 4.78 is 5.39. The lowest BCUT2D eigenvalue weighted by molar-refractivity contribution is 0.234. The van der Waals surface area contributed by atoms with E-state index in [2.05, 4.69) is 10.6 Å². The van der Waals surface area contributed by atoms with Crippen LogP contribution >= 0.6 is 11.6 Å². The lowest BCUT2D eigenvalue weighted by atomic mass is 10.2. The van der Waals surface area contributed by atoms with Crippen LogP contribution in [-0.2, 0) is 0 Å². The Hall–Kier alpha value is -2.20. The molecule has 0 aromatic heterocycles. The van der Waals surface area contributed by atoms with Crippen molar-refractivity contribution < 1.29 is 9.53 Å². The molecule has 0 fully saturated rings. The van der Waals surface area contributed by atoms with Crippen molar-refractivity contribution in [2.75, 3.05) is 12.0 Å². The second kappa shape index (κ2) is 6.82. The van der Waals surface area contributed by atoms with E-state index in [1.807, 2.05) is 31.2 Å². The highest BCUT2D eigenvalue weighted by molar-refractivity contribution is 6.33. The van der Waals surface area contributed by atoms with Crippen LogP contribution in [0.5, 0.6) is 5.75 Å². The summed E-state index contributed by atoms with van der Waals surface area (Å²) in [6.45, 7) is 2.08. The van der Waals surface area contributed by atoms with Gasteiger partial charge in [0.05, 0.1) is 10.7 Å². The van der Waals surface area contributed by atoms with E-state index < -0.39 is 0 Å². The fraction of sp³-hybridized carbons (Fsp3) is 0.133. The van der Waals surface area contributed by atoms with E-state index in [0.717, 1.165) is 5.56 Å². The lowest BCUT2D eigenvalue weighted by Crippen LogP contribution is -2.32. The Labute approximate surface area is 122 Å². The molecule has 0 saturated carbocycles. The van der Waals surface area contributed by atoms with Crippen molar-refractivity contribution >= 4 is 23.3 Å². The first-order chi connectivity index (χ1) is 9.65. The van der Waals surface area contributed by atoms with E-state index in [0.29, 0.717) is 16.5 Å². The summed E-state index contributed by atoms with van der Waals surface area (Å²) in [4.78, 5) is 11.6. The number of para-hydroxylation sites is 1. The van der Waals surface area contributed by atoms with Crippen LogP contribution in [0.2, 0.25) is 5.02 Å². The van der Waals surface area contributed by atoms with Crippen molar-refractivity contribution in [2.24, 2.45) is 0 Å². The van der Waals surface area contributed by atoms with Gasteiger partial charge in [-0.1, -0.05) is 41.4 Å². The smallest absolute Gasteiger partial charge is 0.321 e. The first-order valence-corrected chi connectivity index (χ1v) is 6.52. The van der Waals surface area contributed by atoms with Gasteiger partial charge in [0.25, 0.3) is 0 Å². The highest BCUT2D eigenvalue weighted by Crippen LogP contribution is 2.20. The summed E-state index contributed by atoms with van der Waals surface area (Å²) in [5.41, 5.74) is 1.71. The molecule has 0 bridgehead atoms. The second-order valence-electron chi connectivity index (χ2n) is 4.21. The molecule has 0 aliphatic carbocycles. The third kappa shape index (κ3) is 4.17. The van der Waals surface area contributed by atoms with Crippen LogP contribution in [0.4, 0.5) is 10.5 Å². The fourth-order valence-corrected chi connectivity index (χ4v) is 1.73. The molecule has 20 heavy (non-hydrogen) atoms. The zero-order chi connectivity index (χ0) is 14.4. The molecule has 2 N–H and O–H groups in total. The second-order valence-corrected chi connectivity index (χ2v) is 4.62. The van der Waals surface area contributed by atoms with Gasteiger partial charge < -0.3 is 15.4 Å². The Morgan fingerprint density at radius 1 is 1.15 bits per heavy atom. The summed E-state index contributed by atoms with van der Waals surface area (Å²) in [5, 5.41) is 5.72. The molecule has 0 unspecified atom stereocenters. The van der Waals surface area contributed by atoms with Gasteiger partial charge in [-0.2, -0.15) is 0 Å². The van der Waals surface area contributed by atoms with E-state index >= 15 is 0 Å². The molecule has 0 saturated heterocycles. The van der Waals surface area contributed by atoms with Crippen LogP contribution in [0.25, 0.3) is 0 Å². The fourth-order valence-electron chi connectivity index (χ4n) is 1.55. The lowest BCUT2D eigenvalue weighted by Gasteiger charge is -2.10. The molecule has 104 valence electrons. The van der Waals surface area contributed by atoms with E-state index in [9.17, 15) is 4.79 Å². The standard InChI is InChI=1S/C15H15ClN2O2/c1-11-6-8-12(9-7-11)20-10-17-15(19)18-14-5-3-2-4-13(14)16/h2-9H,10H2,1H3,(H2,17,18,19). The zero-order valence-corrected chi connectivity index (χ0v) is 11.8. The van der Waals surface area contributed by atoms with Gasteiger partial charge >= 0.3 is 6.03 Å². The summed E-state index contributed by atoms with van der Waals surface area (Å²) in [6.07, 6.45) is 0. The minimum atomic E-state index is -0.370. The number of aryl methyl sites for hydroxylation is 1. The largest absolute Gasteiger partial charge is 0.473 e. The first kappa shape index (κ1) is 14.2. The van der Waals surface area contributed by atoms with Crippen molar-refractivity contribution in [2.45, 2.75) is 6.92 Å². The maximum atomic E-state index is 11.6. The van der Waals surface area contributed by atoms with E-state index in [4.69, 9.17) is 16.3 Å². The van der Waals surface area contributed by atoms with Gasteiger partial charge in [0.1, 0.15) is 5.75 Å². The minimum Gasteiger partial charge on any atom is -0.473 e. The molecule has 0 aliphatic rings. The minimum absolute atomic E-state index is 0.0827. The third-order valence-electron chi connectivity index (χ3n) is 2.61. The van der Waals surface area contributed by atoms with E-state index in [1.54, 1.807) is 24.3 Å². The molecule has 4 nitrogen and oxygen atoms in total. The Kier molecular flexibility index (Phi) is 4.85. The summed E-state index contributed by atoms with van der Waals surface area (Å²) >= 11 is 5.94. The number of nitrogens with one attached hydrogen (secondary N) is 2. The number of amides is 2. The van der Waals surface area contributed by atoms with E-state index in [1.165, 1.54) is 0 Å². The predicted octanol–water partition coefficient (Wildman–Crippen LogP) is 3.81. The molecule has 2 rings (SSSR count). The van der Waals surface area contributed by atoms with Crippen LogP contribution in [0.3, 0.4) is 0 Å². The maximum Gasteiger partial charge on any atom is 0.321 e. The average molecular weight is 291 g/mol. The Bertz CT molecular complexity index is 585. The number of anilines is 1. The van der Waals surface area contributed by atoms with Crippen LogP contribution in [0, 0.1) is 6.92 Å². The summed E-state index contributed by atoms with van der Waals surface area (Å²) in [6, 6.07) is 14.2. The monoisotopic (exact) mass is 290 g/mol. The number of hydrogen-bond donors (Lipinski definition) is 2. The van der Waals surface area contributed by atoms with Crippen molar-refractivity contribution in [1.29, 1.82) is 0 Å². The highest BCUT2D eigenvalue weighted by Gasteiger charge is 2.04. The number of benzene rings is 2. The van der Waals surface area contributed by atoms with Crippen LogP contribution in [0.15, 0.2) is 48.5 Å². The number of urea groups is 1. The molecule has 5 heteroatoms. The number of ether oxygens (including phenoxy) is 1. The molecule has 0 heterocycles. The number of halogens is 1. The van der Waals surface area contributed by atoms with Gasteiger partial charge in [-0.15, -0.1) is 0 Å². The summed E-state index contributed by atoms with van der Waals surface area (Å²) in [7, 11) is 0. The number of carbonyl (C=O) groups excluding carboxylic acids is 1. The van der Waals surface area contributed by atoms with Gasteiger partial charge in [-0.25, -0.2) is 4.79 Å². The number of rotatable bonds is 4. The Morgan fingerprint density at radius 3 is 2.55 bits per heavy atom. The molecule has 2 amide bonds. The van der Waals surface area contributed by atoms with Crippen LogP contribution in [-0.4, -0.2) is 12.8 Å². The number of carbonyl (C=O) groups is 1. The van der Waals surface area contributed by atoms with Crippen LogP contribution < -0.4 is 15.4 Å². The molecule has 2 aromatic carbocycles. The topological polar surface area (TPSA) is 50.4 Å². The molecular weight excluding hydrogens is 276 g/mol. The molecule has 0 radical (unpaired) electrons. The van der Waals surface area contributed by atoms with E-state index in [-0.39, 0.29) is 12.8 Å². The van der Waals surface area contributed by atoms with Gasteiger partial charge in [0.15, 0.2) is 6.73 Å². The van der Waals surface area contributed by atoms with Crippen molar-refractivity contribution in [3.8, 4) is 5.75 Å². The van der Waals surface area contributed by atoms with Gasteiger partial charge in [-0.3, -0.25) is 0 Å². The Morgan fingerprint density at radius 2 is 1.85 bits per heavy atom. The van der Waals surface area contributed by atoms with Gasteiger partial charge in [0, 0.05) is 0 Å². The molecule has 2 aromatic rings. The Balaban J connectivity index is 1.78. The van der Waals surface area contributed by atoms with Gasteiger partial charge in [0.2, 0.25) is 0 Å². The molecule has 0 spiro atoms. The van der Waals surface area contributed by atoms with Crippen molar-refractivity contribution in [3.63, 3.8) is 0 Å². The normalized spacial score (nSPS) is 9.90. The van der Waals surface area contributed by atoms with Crippen LogP contribution in [0.1, 0.15) is 5.56 Å².